The average molecular weight is 468 g/mol. The van der Waals surface area contributed by atoms with Crippen LogP contribution in [0.1, 0.15) is 47.3 Å². The summed E-state index contributed by atoms with van der Waals surface area (Å²) in [5.41, 5.74) is 2.27. The number of carbonyl (C=O) groups excluding carboxylic acids is 1. The van der Waals surface area contributed by atoms with Crippen molar-refractivity contribution in [2.45, 2.75) is 32.7 Å². The summed E-state index contributed by atoms with van der Waals surface area (Å²) in [5.74, 6) is 0.802. The third-order valence-electron chi connectivity index (χ3n) is 6.55. The molecule has 0 spiro atoms. The number of hydrogen-bond donors (Lipinski definition) is 0. The van der Waals surface area contributed by atoms with Gasteiger partial charge in [0.2, 0.25) is 10.0 Å². The van der Waals surface area contributed by atoms with Crippen LogP contribution in [0.15, 0.2) is 36.5 Å². The predicted octanol–water partition coefficient (Wildman–Crippen LogP) is 2.49. The molecule has 2 aliphatic heterocycles. The normalized spacial score (nSPS) is 18.8. The second-order valence-corrected chi connectivity index (χ2v) is 11.2. The first-order valence-corrected chi connectivity index (χ1v) is 12.8. The maximum Gasteiger partial charge on any atom is 0.253 e. The summed E-state index contributed by atoms with van der Waals surface area (Å²) in [6.07, 6.45) is 2.40. The summed E-state index contributed by atoms with van der Waals surface area (Å²) in [6, 6.07) is 11.3. The third kappa shape index (κ3) is 4.45. The lowest BCUT2D eigenvalue weighted by Gasteiger charge is -2.36. The Bertz CT molecular complexity index is 1190. The number of nitrogens with zero attached hydrogens (tertiary/aromatic N) is 5. The van der Waals surface area contributed by atoms with Gasteiger partial charge in [-0.2, -0.15) is 9.57 Å². The highest BCUT2D eigenvalue weighted by atomic mass is 32.2. The van der Waals surface area contributed by atoms with Crippen molar-refractivity contribution in [2.75, 3.05) is 43.4 Å². The number of aromatic nitrogens is 1. The Balaban J connectivity index is 1.43. The lowest BCUT2D eigenvalue weighted by Crippen LogP contribution is -2.49. The molecule has 9 heteroatoms. The van der Waals surface area contributed by atoms with Crippen molar-refractivity contribution in [2.24, 2.45) is 0 Å². The average Bonchev–Trinajstić information content (AvgIpc) is 3.18. The van der Waals surface area contributed by atoms with Gasteiger partial charge in [-0.25, -0.2) is 13.4 Å². The Morgan fingerprint density at radius 1 is 1.09 bits per heavy atom. The fraction of sp³-hybridized carbons (Fsp3) is 0.458. The van der Waals surface area contributed by atoms with Crippen LogP contribution in [0.25, 0.3) is 0 Å². The second-order valence-electron chi connectivity index (χ2n) is 9.15. The second kappa shape index (κ2) is 8.76. The van der Waals surface area contributed by atoms with Crippen LogP contribution in [0.4, 0.5) is 5.82 Å². The van der Waals surface area contributed by atoms with Crippen molar-refractivity contribution in [1.82, 2.24) is 14.2 Å². The van der Waals surface area contributed by atoms with Gasteiger partial charge in [0, 0.05) is 44.5 Å². The largest absolute Gasteiger partial charge is 0.352 e. The molecule has 2 aromatic rings. The monoisotopic (exact) mass is 467 g/mol. The number of carbonyl (C=O) groups is 1. The molecule has 2 saturated heterocycles. The fourth-order valence-corrected chi connectivity index (χ4v) is 6.55. The Hall–Kier alpha value is -2.96. The SMILES string of the molecule is Cc1cnc(N2CCN(C(=O)c3ccc(C(C)(C)N4CCCS4(=O)=O)cc3)CC2)c(C#N)c1. The molecule has 0 aliphatic carbocycles. The van der Waals surface area contributed by atoms with Crippen molar-refractivity contribution in [3.05, 3.63) is 58.8 Å². The van der Waals surface area contributed by atoms with E-state index in [0.29, 0.717) is 56.1 Å². The Morgan fingerprint density at radius 3 is 2.33 bits per heavy atom. The first kappa shape index (κ1) is 23.2. The predicted molar refractivity (Wildman–Crippen MR) is 126 cm³/mol. The van der Waals surface area contributed by atoms with Gasteiger partial charge >= 0.3 is 0 Å². The number of benzene rings is 1. The number of piperazine rings is 1. The molecule has 0 unspecified atom stereocenters. The summed E-state index contributed by atoms with van der Waals surface area (Å²) in [7, 11) is -3.24. The molecule has 1 aromatic carbocycles. The van der Waals surface area contributed by atoms with Crippen molar-refractivity contribution >= 4 is 21.7 Å². The quantitative estimate of drug-likeness (QED) is 0.685. The smallest absolute Gasteiger partial charge is 0.253 e. The lowest BCUT2D eigenvalue weighted by molar-refractivity contribution is 0.0746. The summed E-state index contributed by atoms with van der Waals surface area (Å²) in [6.45, 7) is 8.52. The van der Waals surface area contributed by atoms with E-state index in [4.69, 9.17) is 0 Å². The molecule has 0 radical (unpaired) electrons. The van der Waals surface area contributed by atoms with Gasteiger partial charge in [0.25, 0.3) is 5.91 Å². The van der Waals surface area contributed by atoms with Crippen LogP contribution in [-0.2, 0) is 15.6 Å². The van der Waals surface area contributed by atoms with E-state index in [1.165, 1.54) is 0 Å². The maximum atomic E-state index is 13.1. The molecular weight excluding hydrogens is 438 g/mol. The molecule has 0 N–H and O–H groups in total. The van der Waals surface area contributed by atoms with Gasteiger partial charge in [-0.15, -0.1) is 0 Å². The highest BCUT2D eigenvalue weighted by Gasteiger charge is 2.40. The molecule has 0 saturated carbocycles. The Morgan fingerprint density at radius 2 is 1.76 bits per heavy atom. The van der Waals surface area contributed by atoms with E-state index in [9.17, 15) is 18.5 Å². The summed E-state index contributed by atoms with van der Waals surface area (Å²) in [4.78, 5) is 21.3. The summed E-state index contributed by atoms with van der Waals surface area (Å²) < 4.78 is 26.3. The number of anilines is 1. The minimum absolute atomic E-state index is 0.0508. The van der Waals surface area contributed by atoms with E-state index in [-0.39, 0.29) is 11.7 Å². The standard InChI is InChI=1S/C24H29N5O3S/c1-18-15-20(16-25)22(26-17-18)27-10-12-28(13-11-27)23(30)19-5-7-21(8-6-19)24(2,3)29-9-4-14-33(29,31)32/h5-8,15,17H,4,9-14H2,1-3H3. The third-order valence-corrected chi connectivity index (χ3v) is 8.67. The van der Waals surface area contributed by atoms with E-state index in [2.05, 4.69) is 11.1 Å². The molecular formula is C24H29N5O3S. The van der Waals surface area contributed by atoms with Crippen LogP contribution in [0, 0.1) is 18.3 Å². The van der Waals surface area contributed by atoms with Gasteiger partial charge in [0.1, 0.15) is 11.9 Å². The minimum Gasteiger partial charge on any atom is -0.352 e. The highest BCUT2D eigenvalue weighted by Crippen LogP contribution is 2.34. The van der Waals surface area contributed by atoms with E-state index < -0.39 is 15.6 Å². The van der Waals surface area contributed by atoms with Crippen molar-refractivity contribution in [3.8, 4) is 6.07 Å². The molecule has 3 heterocycles. The van der Waals surface area contributed by atoms with Crippen molar-refractivity contribution in [1.29, 1.82) is 5.26 Å². The number of pyridine rings is 1. The van der Waals surface area contributed by atoms with Crippen LogP contribution >= 0.6 is 0 Å². The molecule has 4 rings (SSSR count). The van der Waals surface area contributed by atoms with E-state index in [1.54, 1.807) is 22.6 Å². The number of sulfonamides is 1. The Kier molecular flexibility index (Phi) is 6.16. The number of rotatable bonds is 4. The molecule has 0 bridgehead atoms. The zero-order valence-corrected chi connectivity index (χ0v) is 20.1. The fourth-order valence-electron chi connectivity index (χ4n) is 4.63. The molecule has 1 amide bonds. The molecule has 33 heavy (non-hydrogen) atoms. The van der Waals surface area contributed by atoms with Gasteiger partial charge in [0.05, 0.1) is 16.9 Å². The first-order chi connectivity index (χ1) is 15.6. The Labute approximate surface area is 195 Å². The minimum atomic E-state index is -3.24. The number of nitriles is 1. The molecule has 174 valence electrons. The number of amides is 1. The van der Waals surface area contributed by atoms with Gasteiger partial charge in [-0.3, -0.25) is 4.79 Å². The number of hydrogen-bond acceptors (Lipinski definition) is 6. The molecule has 8 nitrogen and oxygen atoms in total. The van der Waals surface area contributed by atoms with Crippen molar-refractivity contribution < 1.29 is 13.2 Å². The van der Waals surface area contributed by atoms with Crippen LogP contribution in [0.2, 0.25) is 0 Å². The van der Waals surface area contributed by atoms with Crippen molar-refractivity contribution in [3.63, 3.8) is 0 Å². The molecule has 1 aromatic heterocycles. The highest BCUT2D eigenvalue weighted by molar-refractivity contribution is 7.89. The van der Waals surface area contributed by atoms with Crippen LogP contribution in [0.3, 0.4) is 0 Å². The number of aryl methyl sites for hydroxylation is 1. The molecule has 2 fully saturated rings. The summed E-state index contributed by atoms with van der Waals surface area (Å²) in [5, 5.41) is 9.42. The zero-order valence-electron chi connectivity index (χ0n) is 19.3. The van der Waals surface area contributed by atoms with Crippen LogP contribution in [0.5, 0.6) is 0 Å². The van der Waals surface area contributed by atoms with Gasteiger partial charge < -0.3 is 9.80 Å². The maximum absolute atomic E-state index is 13.1. The topological polar surface area (TPSA) is 97.6 Å². The van der Waals surface area contributed by atoms with Gasteiger partial charge in [-0.05, 0) is 56.5 Å². The summed E-state index contributed by atoms with van der Waals surface area (Å²) >= 11 is 0. The van der Waals surface area contributed by atoms with Crippen LogP contribution < -0.4 is 4.90 Å². The first-order valence-electron chi connectivity index (χ1n) is 11.2. The molecule has 0 atom stereocenters. The van der Waals surface area contributed by atoms with Gasteiger partial charge in [0.15, 0.2) is 0 Å². The van der Waals surface area contributed by atoms with Gasteiger partial charge in [-0.1, -0.05) is 12.1 Å². The van der Waals surface area contributed by atoms with E-state index in [0.717, 1.165) is 11.1 Å². The van der Waals surface area contributed by atoms with Crippen LogP contribution in [-0.4, -0.2) is 67.0 Å². The zero-order chi connectivity index (χ0) is 23.8. The van der Waals surface area contributed by atoms with E-state index >= 15 is 0 Å². The van der Waals surface area contributed by atoms with E-state index in [1.807, 2.05) is 48.8 Å². The molecule has 2 aliphatic rings. The lowest BCUT2D eigenvalue weighted by atomic mass is 9.93.